The van der Waals surface area contributed by atoms with Crippen LogP contribution in [0, 0.1) is 0 Å². The number of benzene rings is 2. The lowest BCUT2D eigenvalue weighted by atomic mass is 10.1. The molecule has 2 rings (SSSR count). The third-order valence-corrected chi connectivity index (χ3v) is 3.20. The van der Waals surface area contributed by atoms with Gasteiger partial charge in [-0.05, 0) is 30.2 Å². The van der Waals surface area contributed by atoms with E-state index >= 15 is 0 Å². The molecule has 2 aromatic rings. The van der Waals surface area contributed by atoms with Crippen LogP contribution in [0.2, 0.25) is 0 Å². The van der Waals surface area contributed by atoms with Gasteiger partial charge in [-0.1, -0.05) is 42.5 Å². The van der Waals surface area contributed by atoms with Crippen LogP contribution in [0.1, 0.15) is 24.1 Å². The van der Waals surface area contributed by atoms with Crippen LogP contribution in [0.25, 0.3) is 0 Å². The Morgan fingerprint density at radius 1 is 1.10 bits per heavy atom. The Kier molecular flexibility index (Phi) is 4.77. The van der Waals surface area contributed by atoms with Gasteiger partial charge in [-0.15, -0.1) is 0 Å². The summed E-state index contributed by atoms with van der Waals surface area (Å²) in [5.74, 6) is 0.844. The highest BCUT2D eigenvalue weighted by atomic mass is 16.5. The largest absolute Gasteiger partial charge is 0.497 e. The first-order valence-electron chi connectivity index (χ1n) is 6.66. The minimum atomic E-state index is -0.0166. The Morgan fingerprint density at radius 2 is 1.75 bits per heavy atom. The van der Waals surface area contributed by atoms with Gasteiger partial charge in [0.05, 0.1) is 19.6 Å². The first kappa shape index (κ1) is 14.1. The van der Waals surface area contributed by atoms with Crippen molar-refractivity contribution in [2.45, 2.75) is 19.4 Å². The molecule has 0 bridgehead atoms. The van der Waals surface area contributed by atoms with E-state index in [9.17, 15) is 4.79 Å². The zero-order chi connectivity index (χ0) is 14.4. The summed E-state index contributed by atoms with van der Waals surface area (Å²) < 4.78 is 5.12. The summed E-state index contributed by atoms with van der Waals surface area (Å²) in [6, 6.07) is 17.4. The summed E-state index contributed by atoms with van der Waals surface area (Å²) in [5, 5.41) is 3.00. The van der Waals surface area contributed by atoms with Gasteiger partial charge in [-0.25, -0.2) is 0 Å². The maximum Gasteiger partial charge on any atom is 0.224 e. The van der Waals surface area contributed by atoms with Crippen molar-refractivity contribution >= 4 is 5.91 Å². The SMILES string of the molecule is COc1ccc([C@H](C)NC(=O)Cc2ccccc2)cc1. The molecule has 1 N–H and O–H groups in total. The first-order valence-corrected chi connectivity index (χ1v) is 6.66. The summed E-state index contributed by atoms with van der Waals surface area (Å²) in [7, 11) is 1.64. The monoisotopic (exact) mass is 269 g/mol. The minimum absolute atomic E-state index is 0.0166. The fraction of sp³-hybridized carbons (Fsp3) is 0.235. The molecular formula is C17H19NO2. The van der Waals surface area contributed by atoms with Gasteiger partial charge in [0.25, 0.3) is 0 Å². The normalized spacial score (nSPS) is 11.7. The van der Waals surface area contributed by atoms with E-state index in [1.807, 2.05) is 61.5 Å². The van der Waals surface area contributed by atoms with Crippen molar-refractivity contribution in [3.05, 3.63) is 65.7 Å². The van der Waals surface area contributed by atoms with Gasteiger partial charge < -0.3 is 10.1 Å². The van der Waals surface area contributed by atoms with E-state index < -0.39 is 0 Å². The van der Waals surface area contributed by atoms with Crippen LogP contribution in [0.5, 0.6) is 5.75 Å². The van der Waals surface area contributed by atoms with Crippen LogP contribution in [-0.4, -0.2) is 13.0 Å². The lowest BCUT2D eigenvalue weighted by Crippen LogP contribution is -2.28. The summed E-state index contributed by atoms with van der Waals surface area (Å²) in [6.07, 6.45) is 0.404. The third-order valence-electron chi connectivity index (χ3n) is 3.20. The quantitative estimate of drug-likeness (QED) is 0.905. The molecule has 0 aliphatic carbocycles. The minimum Gasteiger partial charge on any atom is -0.497 e. The summed E-state index contributed by atoms with van der Waals surface area (Å²) >= 11 is 0. The average molecular weight is 269 g/mol. The van der Waals surface area contributed by atoms with Crippen LogP contribution in [0.4, 0.5) is 0 Å². The van der Waals surface area contributed by atoms with E-state index in [1.54, 1.807) is 7.11 Å². The van der Waals surface area contributed by atoms with Crippen LogP contribution in [0.15, 0.2) is 54.6 Å². The number of carbonyl (C=O) groups is 1. The highest BCUT2D eigenvalue weighted by Crippen LogP contribution is 2.17. The number of hydrogen-bond donors (Lipinski definition) is 1. The van der Waals surface area contributed by atoms with E-state index in [0.717, 1.165) is 16.9 Å². The summed E-state index contributed by atoms with van der Waals surface area (Å²) in [4.78, 5) is 12.0. The van der Waals surface area contributed by atoms with Crippen LogP contribution >= 0.6 is 0 Å². The summed E-state index contributed by atoms with van der Waals surface area (Å²) in [5.41, 5.74) is 2.08. The second-order valence-corrected chi connectivity index (χ2v) is 4.72. The van der Waals surface area contributed by atoms with Crippen molar-refractivity contribution in [3.63, 3.8) is 0 Å². The standard InChI is InChI=1S/C17H19NO2/c1-13(15-8-10-16(20-2)11-9-15)18-17(19)12-14-6-4-3-5-7-14/h3-11,13H,12H2,1-2H3,(H,18,19)/t13-/m0/s1. The zero-order valence-electron chi connectivity index (χ0n) is 11.8. The average Bonchev–Trinajstić information content (AvgIpc) is 2.48. The number of methoxy groups -OCH3 is 1. The number of ether oxygens (including phenoxy) is 1. The predicted octanol–water partition coefficient (Wildman–Crippen LogP) is 3.12. The molecule has 0 aliphatic heterocycles. The molecule has 0 saturated heterocycles. The first-order chi connectivity index (χ1) is 9.69. The second kappa shape index (κ2) is 6.75. The molecule has 2 aromatic carbocycles. The molecule has 0 fully saturated rings. The Balaban J connectivity index is 1.93. The van der Waals surface area contributed by atoms with Crippen molar-refractivity contribution in [1.29, 1.82) is 0 Å². The van der Waals surface area contributed by atoms with Gasteiger partial charge in [0.1, 0.15) is 5.75 Å². The molecule has 0 spiro atoms. The highest BCUT2D eigenvalue weighted by molar-refractivity contribution is 5.79. The van der Waals surface area contributed by atoms with Gasteiger partial charge in [0.2, 0.25) is 5.91 Å². The predicted molar refractivity (Wildman–Crippen MR) is 79.7 cm³/mol. The number of nitrogens with one attached hydrogen (secondary N) is 1. The number of rotatable bonds is 5. The maximum atomic E-state index is 12.0. The Morgan fingerprint density at radius 3 is 2.35 bits per heavy atom. The van der Waals surface area contributed by atoms with Crippen LogP contribution < -0.4 is 10.1 Å². The molecule has 104 valence electrons. The molecule has 3 heteroatoms. The van der Waals surface area contributed by atoms with Gasteiger partial charge in [-0.2, -0.15) is 0 Å². The molecule has 3 nitrogen and oxygen atoms in total. The Hall–Kier alpha value is -2.29. The van der Waals surface area contributed by atoms with E-state index in [2.05, 4.69) is 5.32 Å². The Labute approximate surface area is 119 Å². The van der Waals surface area contributed by atoms with Crippen molar-refractivity contribution in [2.75, 3.05) is 7.11 Å². The number of hydrogen-bond acceptors (Lipinski definition) is 2. The number of amides is 1. The molecule has 0 aromatic heterocycles. The van der Waals surface area contributed by atoms with Gasteiger partial charge in [-0.3, -0.25) is 4.79 Å². The van der Waals surface area contributed by atoms with Crippen molar-refractivity contribution in [2.24, 2.45) is 0 Å². The maximum absolute atomic E-state index is 12.0. The van der Waals surface area contributed by atoms with Crippen molar-refractivity contribution in [3.8, 4) is 5.75 Å². The molecule has 0 aliphatic rings. The fourth-order valence-electron chi connectivity index (χ4n) is 2.05. The lowest BCUT2D eigenvalue weighted by molar-refractivity contribution is -0.121. The zero-order valence-corrected chi connectivity index (χ0v) is 11.8. The van der Waals surface area contributed by atoms with E-state index in [0.29, 0.717) is 6.42 Å². The molecule has 0 saturated carbocycles. The van der Waals surface area contributed by atoms with Crippen LogP contribution in [0.3, 0.4) is 0 Å². The van der Waals surface area contributed by atoms with Gasteiger partial charge in [0, 0.05) is 0 Å². The van der Waals surface area contributed by atoms with E-state index in [4.69, 9.17) is 4.74 Å². The molecule has 1 amide bonds. The molecular weight excluding hydrogens is 250 g/mol. The Bertz CT molecular complexity index is 549. The lowest BCUT2D eigenvalue weighted by Gasteiger charge is -2.14. The van der Waals surface area contributed by atoms with Gasteiger partial charge >= 0.3 is 0 Å². The fourth-order valence-corrected chi connectivity index (χ4v) is 2.05. The van der Waals surface area contributed by atoms with Gasteiger partial charge in [0.15, 0.2) is 0 Å². The smallest absolute Gasteiger partial charge is 0.224 e. The summed E-state index contributed by atoms with van der Waals surface area (Å²) in [6.45, 7) is 1.98. The molecule has 0 heterocycles. The third kappa shape index (κ3) is 3.85. The molecule has 0 radical (unpaired) electrons. The van der Waals surface area contributed by atoms with Crippen LogP contribution in [-0.2, 0) is 11.2 Å². The van der Waals surface area contributed by atoms with Crippen molar-refractivity contribution in [1.82, 2.24) is 5.32 Å². The van der Waals surface area contributed by atoms with E-state index in [-0.39, 0.29) is 11.9 Å². The van der Waals surface area contributed by atoms with E-state index in [1.165, 1.54) is 0 Å². The number of carbonyl (C=O) groups excluding carboxylic acids is 1. The van der Waals surface area contributed by atoms with Crippen molar-refractivity contribution < 1.29 is 9.53 Å². The molecule has 0 unspecified atom stereocenters. The second-order valence-electron chi connectivity index (χ2n) is 4.72. The topological polar surface area (TPSA) is 38.3 Å². The highest BCUT2D eigenvalue weighted by Gasteiger charge is 2.10. The molecule has 1 atom stereocenters. The molecule has 20 heavy (non-hydrogen) atoms.